The van der Waals surface area contributed by atoms with E-state index >= 15 is 0 Å². The first kappa shape index (κ1) is 12.3. The fourth-order valence-electron chi connectivity index (χ4n) is 0.818. The molecule has 3 N–H and O–H groups in total. The van der Waals surface area contributed by atoms with Crippen molar-refractivity contribution in [3.63, 3.8) is 0 Å². The Bertz CT molecular complexity index is 313. The van der Waals surface area contributed by atoms with Gasteiger partial charge in [0.1, 0.15) is 5.82 Å². The minimum absolute atomic E-state index is 0.201. The standard InChI is InChI=1S/C8H14F2N4S/c1-5(2)6-13-7(15-14-6)12-4-8(9,10)3-11/h5H,3-4,11H2,1-2H3,(H,12,13,14). The van der Waals surface area contributed by atoms with Crippen LogP contribution in [0.2, 0.25) is 0 Å². The van der Waals surface area contributed by atoms with Gasteiger partial charge in [-0.1, -0.05) is 13.8 Å². The van der Waals surface area contributed by atoms with E-state index in [2.05, 4.69) is 14.7 Å². The Balaban J connectivity index is 2.51. The second-order valence-corrected chi connectivity index (χ2v) is 4.28. The van der Waals surface area contributed by atoms with Crippen LogP contribution in [0.25, 0.3) is 0 Å². The number of rotatable bonds is 5. The van der Waals surface area contributed by atoms with Gasteiger partial charge in [0.2, 0.25) is 5.13 Å². The molecule has 0 aromatic carbocycles. The van der Waals surface area contributed by atoms with E-state index in [9.17, 15) is 8.78 Å². The average Bonchev–Trinajstić information content (AvgIpc) is 2.63. The molecule has 86 valence electrons. The Labute approximate surface area is 91.1 Å². The van der Waals surface area contributed by atoms with E-state index in [1.807, 2.05) is 13.8 Å². The molecule has 0 bridgehead atoms. The van der Waals surface area contributed by atoms with Crippen molar-refractivity contribution >= 4 is 16.7 Å². The molecule has 1 rings (SSSR count). The largest absolute Gasteiger partial charge is 0.354 e. The van der Waals surface area contributed by atoms with Gasteiger partial charge in [0, 0.05) is 17.5 Å². The van der Waals surface area contributed by atoms with Gasteiger partial charge in [0.25, 0.3) is 5.92 Å². The molecule has 0 spiro atoms. The van der Waals surface area contributed by atoms with Gasteiger partial charge in [-0.15, -0.1) is 0 Å². The predicted molar refractivity (Wildman–Crippen MR) is 56.5 cm³/mol. The maximum Gasteiger partial charge on any atom is 0.276 e. The summed E-state index contributed by atoms with van der Waals surface area (Å²) >= 11 is 1.08. The Morgan fingerprint density at radius 2 is 2.20 bits per heavy atom. The molecule has 0 atom stereocenters. The topological polar surface area (TPSA) is 63.8 Å². The highest BCUT2D eigenvalue weighted by Crippen LogP contribution is 2.19. The lowest BCUT2D eigenvalue weighted by molar-refractivity contribution is 0.0254. The summed E-state index contributed by atoms with van der Waals surface area (Å²) in [6, 6.07) is 0. The zero-order valence-corrected chi connectivity index (χ0v) is 9.44. The molecule has 0 saturated heterocycles. The first-order valence-corrected chi connectivity index (χ1v) is 5.37. The first-order valence-electron chi connectivity index (χ1n) is 4.60. The number of halogens is 2. The molecule has 7 heteroatoms. The number of anilines is 1. The highest BCUT2D eigenvalue weighted by atomic mass is 32.1. The Hall–Kier alpha value is -0.820. The lowest BCUT2D eigenvalue weighted by atomic mass is 10.2. The van der Waals surface area contributed by atoms with E-state index in [4.69, 9.17) is 5.73 Å². The van der Waals surface area contributed by atoms with E-state index in [1.165, 1.54) is 0 Å². The third kappa shape index (κ3) is 3.67. The van der Waals surface area contributed by atoms with Gasteiger partial charge in [-0.25, -0.2) is 13.8 Å². The number of nitrogens with one attached hydrogen (secondary N) is 1. The van der Waals surface area contributed by atoms with Crippen LogP contribution >= 0.6 is 11.5 Å². The molecule has 1 aromatic heterocycles. The Kier molecular flexibility index (Phi) is 3.92. The van der Waals surface area contributed by atoms with Gasteiger partial charge >= 0.3 is 0 Å². The molecule has 4 nitrogen and oxygen atoms in total. The van der Waals surface area contributed by atoms with Gasteiger partial charge in [-0.2, -0.15) is 4.37 Å². The van der Waals surface area contributed by atoms with Crippen LogP contribution in [-0.4, -0.2) is 28.4 Å². The molecule has 0 aliphatic heterocycles. The van der Waals surface area contributed by atoms with Crippen molar-refractivity contribution in [2.75, 3.05) is 18.4 Å². The van der Waals surface area contributed by atoms with Crippen LogP contribution in [0.4, 0.5) is 13.9 Å². The second-order valence-electron chi connectivity index (χ2n) is 3.53. The zero-order chi connectivity index (χ0) is 11.5. The summed E-state index contributed by atoms with van der Waals surface area (Å²) in [6.45, 7) is 2.71. The average molecular weight is 236 g/mol. The summed E-state index contributed by atoms with van der Waals surface area (Å²) in [4.78, 5) is 4.07. The van der Waals surface area contributed by atoms with Crippen LogP contribution in [0, 0.1) is 0 Å². The summed E-state index contributed by atoms with van der Waals surface area (Å²) in [5.41, 5.74) is 4.90. The van der Waals surface area contributed by atoms with Crippen LogP contribution in [0.3, 0.4) is 0 Å². The lowest BCUT2D eigenvalue weighted by Crippen LogP contribution is -2.35. The van der Waals surface area contributed by atoms with Crippen molar-refractivity contribution in [1.82, 2.24) is 9.36 Å². The number of nitrogens with two attached hydrogens (primary N) is 1. The van der Waals surface area contributed by atoms with Crippen molar-refractivity contribution in [1.29, 1.82) is 0 Å². The summed E-state index contributed by atoms with van der Waals surface area (Å²) < 4.78 is 29.6. The monoisotopic (exact) mass is 236 g/mol. The Morgan fingerprint density at radius 1 is 1.53 bits per heavy atom. The maximum absolute atomic E-state index is 12.8. The Morgan fingerprint density at radius 3 is 2.67 bits per heavy atom. The molecule has 0 amide bonds. The van der Waals surface area contributed by atoms with E-state index in [-0.39, 0.29) is 5.92 Å². The maximum atomic E-state index is 12.8. The second kappa shape index (κ2) is 4.80. The number of nitrogens with zero attached hydrogens (tertiary/aromatic N) is 2. The number of alkyl halides is 2. The van der Waals surface area contributed by atoms with Crippen LogP contribution in [0.1, 0.15) is 25.6 Å². The SMILES string of the molecule is CC(C)c1nsc(NCC(F)(F)CN)n1. The van der Waals surface area contributed by atoms with E-state index < -0.39 is 19.0 Å². The summed E-state index contributed by atoms with van der Waals surface area (Å²) in [7, 11) is 0. The predicted octanol–water partition coefficient (Wildman–Crippen LogP) is 1.67. The van der Waals surface area contributed by atoms with Crippen LogP contribution in [0.5, 0.6) is 0 Å². The molecule has 0 aliphatic rings. The molecular formula is C8H14F2N4S. The summed E-state index contributed by atoms with van der Waals surface area (Å²) in [6.07, 6.45) is 0. The molecule has 0 fully saturated rings. The van der Waals surface area contributed by atoms with Gasteiger partial charge in [0.15, 0.2) is 0 Å². The van der Waals surface area contributed by atoms with E-state index in [1.54, 1.807) is 0 Å². The van der Waals surface area contributed by atoms with Crippen molar-refractivity contribution < 1.29 is 8.78 Å². The molecule has 0 unspecified atom stereocenters. The smallest absolute Gasteiger partial charge is 0.276 e. The molecule has 1 heterocycles. The summed E-state index contributed by atoms with van der Waals surface area (Å²) in [5.74, 6) is -2.03. The van der Waals surface area contributed by atoms with Gasteiger partial charge in [-0.05, 0) is 0 Å². The lowest BCUT2D eigenvalue weighted by Gasteiger charge is -2.13. The zero-order valence-electron chi connectivity index (χ0n) is 8.63. The fraction of sp³-hybridized carbons (Fsp3) is 0.750. The molecule has 1 aromatic rings. The van der Waals surface area contributed by atoms with Crippen molar-refractivity contribution in [2.45, 2.75) is 25.7 Å². The molecule has 15 heavy (non-hydrogen) atoms. The highest BCUT2D eigenvalue weighted by molar-refractivity contribution is 7.09. The van der Waals surface area contributed by atoms with Crippen LogP contribution in [0.15, 0.2) is 0 Å². The van der Waals surface area contributed by atoms with E-state index in [0.29, 0.717) is 11.0 Å². The van der Waals surface area contributed by atoms with E-state index in [0.717, 1.165) is 11.5 Å². The highest BCUT2D eigenvalue weighted by Gasteiger charge is 2.26. The third-order valence-corrected chi connectivity index (χ3v) is 2.44. The van der Waals surface area contributed by atoms with Gasteiger partial charge in [-0.3, -0.25) is 0 Å². The van der Waals surface area contributed by atoms with Crippen molar-refractivity contribution in [3.05, 3.63) is 5.82 Å². The quantitative estimate of drug-likeness (QED) is 0.816. The molecule has 0 aliphatic carbocycles. The van der Waals surface area contributed by atoms with Crippen LogP contribution in [-0.2, 0) is 0 Å². The fourth-order valence-corrected chi connectivity index (χ4v) is 1.52. The minimum Gasteiger partial charge on any atom is -0.354 e. The summed E-state index contributed by atoms with van der Waals surface area (Å²) in [5, 5.41) is 2.94. The van der Waals surface area contributed by atoms with Crippen molar-refractivity contribution in [3.8, 4) is 0 Å². The third-order valence-electron chi connectivity index (χ3n) is 1.76. The van der Waals surface area contributed by atoms with Gasteiger partial charge in [0.05, 0.1) is 13.1 Å². The number of aromatic nitrogens is 2. The number of hydrogen-bond donors (Lipinski definition) is 2. The normalized spacial score (nSPS) is 12.1. The van der Waals surface area contributed by atoms with Crippen LogP contribution < -0.4 is 11.1 Å². The molecular weight excluding hydrogens is 222 g/mol. The van der Waals surface area contributed by atoms with Gasteiger partial charge < -0.3 is 11.1 Å². The first-order chi connectivity index (χ1) is 6.94. The van der Waals surface area contributed by atoms with Crippen molar-refractivity contribution in [2.24, 2.45) is 5.73 Å². The molecule has 0 radical (unpaired) electrons. The minimum atomic E-state index is -2.90. The molecule has 0 saturated carbocycles. The number of hydrogen-bond acceptors (Lipinski definition) is 5.